The van der Waals surface area contributed by atoms with Crippen LogP contribution in [0.3, 0.4) is 0 Å². The van der Waals surface area contributed by atoms with Crippen molar-refractivity contribution in [2.24, 2.45) is 0 Å². The molecule has 124 valence electrons. The van der Waals surface area contributed by atoms with Crippen LogP contribution in [0.5, 0.6) is 0 Å². The maximum Gasteiger partial charge on any atom is 0.387 e. The van der Waals surface area contributed by atoms with Crippen LogP contribution in [0.15, 0.2) is 0 Å². The minimum atomic E-state index is -6.11. The summed E-state index contributed by atoms with van der Waals surface area (Å²) in [5.74, 6) is -17.4. The van der Waals surface area contributed by atoms with Crippen molar-refractivity contribution >= 4 is 45.2 Å². The molecule has 0 N–H and O–H groups in total. The van der Waals surface area contributed by atoms with Crippen LogP contribution in [0.25, 0.3) is 0 Å². The fourth-order valence-electron chi connectivity index (χ4n) is 0.798. The minimum absolute atomic E-state index is 0.312. The van der Waals surface area contributed by atoms with E-state index in [9.17, 15) is 35.1 Å². The fraction of sp³-hybridized carbons (Fsp3) is 1.00. The molecule has 0 spiro atoms. The molecule has 0 rings (SSSR count). The summed E-state index contributed by atoms with van der Waals surface area (Å²) >= 11 is 2.10. The molecule has 0 aromatic carbocycles. The van der Waals surface area contributed by atoms with E-state index in [1.807, 2.05) is 0 Å². The van der Waals surface area contributed by atoms with Gasteiger partial charge in [-0.3, -0.25) is 0 Å². The number of hydrogen-bond donors (Lipinski definition) is 0. The van der Waals surface area contributed by atoms with E-state index in [0.29, 0.717) is 0 Å². The largest absolute Gasteiger partial charge is 0.387 e. The van der Waals surface area contributed by atoms with Crippen molar-refractivity contribution in [2.45, 2.75) is 54.8 Å². The van der Waals surface area contributed by atoms with Crippen LogP contribution in [-0.4, -0.2) is 26.1 Å². The van der Waals surface area contributed by atoms with Crippen LogP contribution in [0.1, 0.15) is 33.1 Å². The van der Waals surface area contributed by atoms with Crippen molar-refractivity contribution in [2.75, 3.05) is 4.43 Å². The topological polar surface area (TPSA) is 0 Å². The average Bonchev–Trinajstić information content (AvgIpc) is 2.23. The van der Waals surface area contributed by atoms with Crippen LogP contribution < -0.4 is 0 Å². The molecule has 0 aromatic heterocycles. The Morgan fingerprint density at radius 2 is 1.20 bits per heavy atom. The molecule has 20 heavy (non-hydrogen) atoms. The lowest BCUT2D eigenvalue weighted by Crippen LogP contribution is -2.59. The zero-order valence-electron chi connectivity index (χ0n) is 10.6. The summed E-state index contributed by atoms with van der Waals surface area (Å²) in [4.78, 5) is 0. The third-order valence-corrected chi connectivity index (χ3v) is 3.48. The van der Waals surface area contributed by atoms with Crippen molar-refractivity contribution in [3.8, 4) is 0 Å². The number of hydrogen-bond acceptors (Lipinski definition) is 0. The highest BCUT2D eigenvalue weighted by molar-refractivity contribution is 14.1. The Morgan fingerprint density at radius 3 is 1.30 bits per heavy atom. The molecule has 0 saturated heterocycles. The van der Waals surface area contributed by atoms with Gasteiger partial charge in [-0.15, -0.1) is 0 Å². The predicted octanol–water partition coefficient (Wildman–Crippen LogP) is 6.55. The Labute approximate surface area is 139 Å². The van der Waals surface area contributed by atoms with Crippen LogP contribution >= 0.6 is 45.2 Å². The molecular weight excluding hydrogens is 526 g/mol. The second-order valence-corrected chi connectivity index (χ2v) is 6.36. The van der Waals surface area contributed by atoms with Gasteiger partial charge in [0.25, 0.3) is 0 Å². The van der Waals surface area contributed by atoms with E-state index in [4.69, 9.17) is 0 Å². The normalized spacial score (nSPS) is 13.8. The highest BCUT2D eigenvalue weighted by Crippen LogP contribution is 2.54. The van der Waals surface area contributed by atoms with Gasteiger partial charge in [0.2, 0.25) is 0 Å². The van der Waals surface area contributed by atoms with E-state index < -0.39 is 28.6 Å². The molecule has 0 aliphatic rings. The average molecular weight is 540 g/mol. The molecular formula is C10H14F8I2. The highest BCUT2D eigenvalue weighted by atomic mass is 127. The Balaban J connectivity index is 0. The molecule has 0 radical (unpaired) electrons. The first-order valence-electron chi connectivity index (χ1n) is 5.43. The van der Waals surface area contributed by atoms with Crippen molar-refractivity contribution in [3.05, 3.63) is 0 Å². The molecule has 0 aromatic rings. The third-order valence-electron chi connectivity index (χ3n) is 2.04. The van der Waals surface area contributed by atoms with Gasteiger partial charge in [0, 0.05) is 29.5 Å². The summed E-state index contributed by atoms with van der Waals surface area (Å²) in [5.41, 5.74) is 0. The van der Waals surface area contributed by atoms with Gasteiger partial charge in [-0.25, -0.2) is 0 Å². The molecule has 0 unspecified atom stereocenters. The van der Waals surface area contributed by atoms with Gasteiger partial charge in [0.05, 0.1) is 0 Å². The molecule has 0 atom stereocenters. The van der Waals surface area contributed by atoms with Crippen molar-refractivity contribution in [1.82, 2.24) is 0 Å². The van der Waals surface area contributed by atoms with Gasteiger partial charge in [-0.1, -0.05) is 42.4 Å². The van der Waals surface area contributed by atoms with E-state index in [2.05, 4.69) is 29.5 Å². The Morgan fingerprint density at radius 1 is 0.800 bits per heavy atom. The van der Waals surface area contributed by atoms with E-state index in [1.54, 1.807) is 0 Å². The second-order valence-electron chi connectivity index (χ2n) is 3.93. The van der Waals surface area contributed by atoms with Gasteiger partial charge in [-0.05, 0) is 10.8 Å². The van der Waals surface area contributed by atoms with Crippen molar-refractivity contribution < 1.29 is 35.1 Å². The summed E-state index contributed by atoms with van der Waals surface area (Å²) in [6.45, 7) is 1.68. The molecule has 0 fully saturated rings. The second kappa shape index (κ2) is 8.51. The maximum absolute atomic E-state index is 12.2. The summed E-state index contributed by atoms with van der Waals surface area (Å²) in [5, 5.41) is 0. The predicted molar refractivity (Wildman–Crippen MR) is 77.9 cm³/mol. The van der Waals surface area contributed by atoms with E-state index >= 15 is 0 Å². The standard InChI is InChI=1S/C5H3F8I.C5H11I/c1-2(6,7)3(8,9)4(10,11)5(12,13)14;1-2-3-4-5-6/h1H3;2-5H2,1H3. The fourth-order valence-corrected chi connectivity index (χ4v) is 1.68. The van der Waals surface area contributed by atoms with Gasteiger partial charge in [0.1, 0.15) is 0 Å². The van der Waals surface area contributed by atoms with Crippen LogP contribution in [0.4, 0.5) is 35.1 Å². The Kier molecular flexibility index (Phi) is 9.86. The number of alkyl halides is 10. The van der Waals surface area contributed by atoms with Crippen molar-refractivity contribution in [3.63, 3.8) is 0 Å². The minimum Gasteiger partial charge on any atom is -0.200 e. The molecule has 0 aliphatic heterocycles. The van der Waals surface area contributed by atoms with E-state index in [-0.39, 0.29) is 22.6 Å². The molecule has 0 aliphatic carbocycles. The van der Waals surface area contributed by atoms with Crippen LogP contribution in [0.2, 0.25) is 0 Å². The third kappa shape index (κ3) is 6.34. The molecule has 0 amide bonds. The number of unbranched alkanes of at least 4 members (excludes halogenated alkanes) is 2. The van der Waals surface area contributed by atoms with Crippen LogP contribution in [-0.2, 0) is 0 Å². The zero-order chi connectivity index (χ0) is 16.8. The first-order valence-corrected chi connectivity index (χ1v) is 8.03. The number of rotatable bonds is 6. The van der Waals surface area contributed by atoms with Gasteiger partial charge in [-0.2, -0.15) is 35.1 Å². The zero-order valence-corrected chi connectivity index (χ0v) is 14.9. The molecule has 0 nitrogen and oxygen atoms in total. The quantitative estimate of drug-likeness (QED) is 0.155. The molecule has 0 bridgehead atoms. The lowest BCUT2D eigenvalue weighted by Gasteiger charge is -2.32. The van der Waals surface area contributed by atoms with E-state index in [1.165, 1.54) is 23.7 Å². The SMILES string of the molecule is CC(F)(F)C(F)(F)C(F)(F)C(F)(F)I.CCCCCI. The monoisotopic (exact) mass is 540 g/mol. The van der Waals surface area contributed by atoms with E-state index in [0.717, 1.165) is 0 Å². The highest BCUT2D eigenvalue weighted by Gasteiger charge is 2.78. The molecule has 10 heteroatoms. The smallest absolute Gasteiger partial charge is 0.200 e. The molecule has 0 saturated carbocycles. The summed E-state index contributed by atoms with van der Waals surface area (Å²) < 4.78 is 92.8. The Bertz CT molecular complexity index is 241. The van der Waals surface area contributed by atoms with Crippen molar-refractivity contribution in [1.29, 1.82) is 0 Å². The first kappa shape index (κ1) is 23.2. The maximum atomic E-state index is 12.2. The molecule has 0 heterocycles. The lowest BCUT2D eigenvalue weighted by atomic mass is 10.1. The van der Waals surface area contributed by atoms with Gasteiger partial charge < -0.3 is 0 Å². The summed E-state index contributed by atoms with van der Waals surface area (Å²) in [6.07, 6.45) is 4.16. The van der Waals surface area contributed by atoms with Gasteiger partial charge >= 0.3 is 21.7 Å². The Hall–Kier alpha value is 0.900. The number of halogens is 10. The lowest BCUT2D eigenvalue weighted by molar-refractivity contribution is -0.337. The summed E-state index contributed by atoms with van der Waals surface area (Å²) in [6, 6.07) is 0. The van der Waals surface area contributed by atoms with Crippen LogP contribution in [0, 0.1) is 0 Å². The first-order chi connectivity index (χ1) is 8.66. The van der Waals surface area contributed by atoms with Gasteiger partial charge in [0.15, 0.2) is 0 Å². The summed E-state index contributed by atoms with van der Waals surface area (Å²) in [7, 11) is 0.